The van der Waals surface area contributed by atoms with Crippen molar-refractivity contribution in [3.63, 3.8) is 0 Å². The van der Waals surface area contributed by atoms with Gasteiger partial charge in [0.1, 0.15) is 0 Å². The van der Waals surface area contributed by atoms with E-state index in [1.165, 1.54) is 38.8 Å². The Labute approximate surface area is 95.4 Å². The van der Waals surface area contributed by atoms with Crippen molar-refractivity contribution < 1.29 is 0 Å². The topological polar surface area (TPSA) is 15.3 Å². The lowest BCUT2D eigenvalue weighted by Crippen LogP contribution is -2.48. The van der Waals surface area contributed by atoms with Crippen molar-refractivity contribution in [1.82, 2.24) is 10.2 Å². The third-order valence-corrected chi connectivity index (χ3v) is 4.07. The van der Waals surface area contributed by atoms with Crippen LogP contribution in [-0.4, -0.2) is 37.1 Å². The maximum Gasteiger partial charge on any atom is 0.0217 e. The summed E-state index contributed by atoms with van der Waals surface area (Å²) in [5.74, 6) is 0.782. The Morgan fingerprint density at radius 1 is 1.40 bits per heavy atom. The molecular formula is C13H28N2. The van der Waals surface area contributed by atoms with Gasteiger partial charge in [-0.3, -0.25) is 4.90 Å². The molecule has 1 N–H and O–H groups in total. The molecule has 0 radical (unpaired) electrons. The maximum absolute atomic E-state index is 3.48. The quantitative estimate of drug-likeness (QED) is 0.753. The first-order chi connectivity index (χ1) is 7.19. The van der Waals surface area contributed by atoms with Gasteiger partial charge in [0.05, 0.1) is 0 Å². The fourth-order valence-electron chi connectivity index (χ4n) is 2.52. The number of likely N-dealkylation sites (tertiary alicyclic amines) is 1. The van der Waals surface area contributed by atoms with Crippen LogP contribution in [0, 0.1) is 5.92 Å². The van der Waals surface area contributed by atoms with E-state index in [1.54, 1.807) is 0 Å². The number of hydrogen-bond acceptors (Lipinski definition) is 2. The molecule has 1 saturated heterocycles. The van der Waals surface area contributed by atoms with Crippen LogP contribution < -0.4 is 5.32 Å². The van der Waals surface area contributed by atoms with Gasteiger partial charge in [-0.25, -0.2) is 0 Å². The minimum atomic E-state index is 0.663. The lowest BCUT2D eigenvalue weighted by Gasteiger charge is -2.37. The van der Waals surface area contributed by atoms with Crippen LogP contribution in [0.3, 0.4) is 0 Å². The van der Waals surface area contributed by atoms with E-state index in [2.05, 4.69) is 38.0 Å². The Bertz CT molecular complexity index is 166. The van der Waals surface area contributed by atoms with E-state index in [1.807, 2.05) is 0 Å². The average Bonchev–Trinajstić information content (AvgIpc) is 2.27. The van der Waals surface area contributed by atoms with Crippen LogP contribution in [-0.2, 0) is 0 Å². The normalized spacial score (nSPS) is 27.6. The Morgan fingerprint density at radius 2 is 2.13 bits per heavy atom. The Hall–Kier alpha value is -0.0800. The van der Waals surface area contributed by atoms with E-state index in [9.17, 15) is 0 Å². The zero-order valence-electron chi connectivity index (χ0n) is 10.9. The van der Waals surface area contributed by atoms with E-state index in [4.69, 9.17) is 0 Å². The Balaban J connectivity index is 2.42. The van der Waals surface area contributed by atoms with Crippen LogP contribution >= 0.6 is 0 Å². The van der Waals surface area contributed by atoms with Crippen molar-refractivity contribution in [2.45, 2.75) is 58.5 Å². The summed E-state index contributed by atoms with van der Waals surface area (Å²) in [4.78, 5) is 2.66. The van der Waals surface area contributed by atoms with Crippen LogP contribution in [0.15, 0.2) is 0 Å². The fraction of sp³-hybridized carbons (Fsp3) is 1.00. The van der Waals surface area contributed by atoms with E-state index < -0.39 is 0 Å². The van der Waals surface area contributed by atoms with Gasteiger partial charge in [0.25, 0.3) is 0 Å². The summed E-state index contributed by atoms with van der Waals surface area (Å²) >= 11 is 0. The summed E-state index contributed by atoms with van der Waals surface area (Å²) in [7, 11) is 2.10. The van der Waals surface area contributed by atoms with E-state index in [-0.39, 0.29) is 0 Å². The largest absolute Gasteiger partial charge is 0.315 e. The Morgan fingerprint density at radius 3 is 2.67 bits per heavy atom. The predicted molar refractivity (Wildman–Crippen MR) is 67.2 cm³/mol. The van der Waals surface area contributed by atoms with Crippen molar-refractivity contribution in [3.8, 4) is 0 Å². The molecule has 1 aliphatic heterocycles. The summed E-state index contributed by atoms with van der Waals surface area (Å²) in [6.07, 6.45) is 5.47. The molecule has 2 nitrogen and oxygen atoms in total. The molecule has 0 bridgehead atoms. The fourth-order valence-corrected chi connectivity index (χ4v) is 2.52. The van der Waals surface area contributed by atoms with Gasteiger partial charge < -0.3 is 5.32 Å². The van der Waals surface area contributed by atoms with Crippen LogP contribution in [0.25, 0.3) is 0 Å². The molecule has 3 atom stereocenters. The minimum Gasteiger partial charge on any atom is -0.315 e. The van der Waals surface area contributed by atoms with Crippen molar-refractivity contribution in [2.75, 3.05) is 20.1 Å². The molecule has 90 valence electrons. The van der Waals surface area contributed by atoms with Crippen LogP contribution in [0.1, 0.15) is 46.5 Å². The minimum absolute atomic E-state index is 0.663. The molecule has 1 aliphatic rings. The third-order valence-electron chi connectivity index (χ3n) is 4.07. The molecule has 15 heavy (non-hydrogen) atoms. The van der Waals surface area contributed by atoms with Gasteiger partial charge in [0.15, 0.2) is 0 Å². The molecule has 1 heterocycles. The number of piperidine rings is 1. The zero-order chi connectivity index (χ0) is 11.3. The molecule has 0 spiro atoms. The van der Waals surface area contributed by atoms with Gasteiger partial charge in [-0.1, -0.05) is 26.7 Å². The highest BCUT2D eigenvalue weighted by Gasteiger charge is 2.23. The van der Waals surface area contributed by atoms with Gasteiger partial charge in [-0.2, -0.15) is 0 Å². The number of nitrogens with one attached hydrogen (secondary N) is 1. The summed E-state index contributed by atoms with van der Waals surface area (Å²) < 4.78 is 0. The van der Waals surface area contributed by atoms with Crippen molar-refractivity contribution in [1.29, 1.82) is 0 Å². The molecule has 1 fully saturated rings. The molecule has 0 aliphatic carbocycles. The molecule has 0 aromatic heterocycles. The molecule has 2 heteroatoms. The number of rotatable bonds is 5. The lowest BCUT2D eigenvalue weighted by atomic mass is 9.96. The first-order valence-corrected chi connectivity index (χ1v) is 6.60. The maximum atomic E-state index is 3.48. The van der Waals surface area contributed by atoms with Gasteiger partial charge in [0.2, 0.25) is 0 Å². The van der Waals surface area contributed by atoms with Gasteiger partial charge in [0, 0.05) is 18.6 Å². The summed E-state index contributed by atoms with van der Waals surface area (Å²) in [5.41, 5.74) is 0. The molecular weight excluding hydrogens is 184 g/mol. The smallest absolute Gasteiger partial charge is 0.0217 e. The summed E-state index contributed by atoms with van der Waals surface area (Å²) in [6.45, 7) is 9.55. The highest BCUT2D eigenvalue weighted by molar-refractivity contribution is 4.80. The van der Waals surface area contributed by atoms with Crippen LogP contribution in [0.2, 0.25) is 0 Å². The monoisotopic (exact) mass is 212 g/mol. The molecule has 3 unspecified atom stereocenters. The molecule has 0 amide bonds. The molecule has 0 aromatic rings. The summed E-state index contributed by atoms with van der Waals surface area (Å²) in [6, 6.07) is 1.45. The predicted octanol–water partition coefficient (Wildman–Crippen LogP) is 2.49. The number of hydrogen-bond donors (Lipinski definition) is 1. The van der Waals surface area contributed by atoms with E-state index in [0.717, 1.165) is 12.0 Å². The SMILES string of the molecule is CCC(C)C(CN1CCCCC1C)NC. The van der Waals surface area contributed by atoms with Crippen LogP contribution in [0.5, 0.6) is 0 Å². The first kappa shape index (κ1) is 13.0. The molecule has 0 saturated carbocycles. The second-order valence-electron chi connectivity index (χ2n) is 5.12. The third kappa shape index (κ3) is 3.76. The van der Waals surface area contributed by atoms with Gasteiger partial charge in [-0.15, -0.1) is 0 Å². The zero-order valence-corrected chi connectivity index (χ0v) is 10.9. The van der Waals surface area contributed by atoms with Crippen LogP contribution in [0.4, 0.5) is 0 Å². The second-order valence-corrected chi connectivity index (χ2v) is 5.12. The number of nitrogens with zero attached hydrogens (tertiary/aromatic N) is 1. The average molecular weight is 212 g/mol. The standard InChI is InChI=1S/C13H28N2/c1-5-11(2)13(14-4)10-15-9-7-6-8-12(15)3/h11-14H,5-10H2,1-4H3. The first-order valence-electron chi connectivity index (χ1n) is 6.60. The Kier molecular flexibility index (Phi) is 5.62. The van der Waals surface area contributed by atoms with E-state index >= 15 is 0 Å². The van der Waals surface area contributed by atoms with Crippen molar-refractivity contribution >= 4 is 0 Å². The second kappa shape index (κ2) is 6.49. The van der Waals surface area contributed by atoms with Crippen molar-refractivity contribution in [2.24, 2.45) is 5.92 Å². The van der Waals surface area contributed by atoms with Gasteiger partial charge >= 0.3 is 0 Å². The van der Waals surface area contributed by atoms with Crippen molar-refractivity contribution in [3.05, 3.63) is 0 Å². The highest BCUT2D eigenvalue weighted by Crippen LogP contribution is 2.18. The number of likely N-dealkylation sites (N-methyl/N-ethyl adjacent to an activating group) is 1. The van der Waals surface area contributed by atoms with Gasteiger partial charge in [-0.05, 0) is 39.3 Å². The van der Waals surface area contributed by atoms with E-state index in [0.29, 0.717) is 6.04 Å². The highest BCUT2D eigenvalue weighted by atomic mass is 15.2. The lowest BCUT2D eigenvalue weighted by molar-refractivity contribution is 0.132. The summed E-state index contributed by atoms with van der Waals surface area (Å²) in [5, 5.41) is 3.48. The molecule has 0 aromatic carbocycles. The molecule has 1 rings (SSSR count).